The zero-order valence-electron chi connectivity index (χ0n) is 14.4. The van der Waals surface area contributed by atoms with Gasteiger partial charge in [0, 0.05) is 36.7 Å². The molecule has 2 heterocycles. The molecule has 3 aliphatic carbocycles. The lowest BCUT2D eigenvalue weighted by atomic mass is 9.68. The molecule has 1 saturated heterocycles. The maximum absolute atomic E-state index is 11.5. The second-order valence-corrected chi connectivity index (χ2v) is 7.77. The molecule has 1 aromatic rings. The van der Waals surface area contributed by atoms with Gasteiger partial charge in [0.25, 0.3) is 0 Å². The molecule has 0 radical (unpaired) electrons. The minimum atomic E-state index is -0.541. The molecule has 1 aromatic heterocycles. The lowest BCUT2D eigenvalue weighted by Gasteiger charge is -2.38. The number of aliphatic hydroxyl groups excluding tert-OH is 1. The van der Waals surface area contributed by atoms with E-state index in [2.05, 4.69) is 35.8 Å². The Morgan fingerprint density at radius 2 is 2.12 bits per heavy atom. The van der Waals surface area contributed by atoms with Crippen LogP contribution in [0.3, 0.4) is 0 Å². The van der Waals surface area contributed by atoms with Crippen molar-refractivity contribution in [1.82, 2.24) is 4.57 Å². The van der Waals surface area contributed by atoms with Gasteiger partial charge in [-0.05, 0) is 50.2 Å². The van der Waals surface area contributed by atoms with Gasteiger partial charge in [0.1, 0.15) is 6.10 Å². The third-order valence-corrected chi connectivity index (χ3v) is 6.10. The average molecular weight is 329 g/mol. The third kappa shape index (κ3) is 3.04. The lowest BCUT2D eigenvalue weighted by molar-refractivity contribution is -0.160. The number of aromatic nitrogens is 1. The molecule has 1 saturated carbocycles. The zero-order chi connectivity index (χ0) is 16.7. The maximum Gasteiger partial charge on any atom is 0.308 e. The van der Waals surface area contributed by atoms with Crippen molar-refractivity contribution in [2.45, 2.75) is 70.1 Å². The summed E-state index contributed by atoms with van der Waals surface area (Å²) in [4.78, 5) is 11.5. The summed E-state index contributed by atoms with van der Waals surface area (Å²) >= 11 is 0. The molecular weight excluding hydrogens is 302 g/mol. The van der Waals surface area contributed by atoms with E-state index in [0.717, 1.165) is 18.9 Å². The molecule has 5 rings (SSSR count). The third-order valence-electron chi connectivity index (χ3n) is 6.10. The first-order valence-electron chi connectivity index (χ1n) is 9.32. The van der Waals surface area contributed by atoms with Crippen molar-refractivity contribution < 1.29 is 14.6 Å². The summed E-state index contributed by atoms with van der Waals surface area (Å²) in [7, 11) is 0. The maximum atomic E-state index is 11.5. The predicted octanol–water partition coefficient (Wildman–Crippen LogP) is 3.32. The van der Waals surface area contributed by atoms with Gasteiger partial charge in [-0.3, -0.25) is 4.79 Å². The van der Waals surface area contributed by atoms with E-state index in [1.54, 1.807) is 0 Å². The Morgan fingerprint density at radius 3 is 2.79 bits per heavy atom. The Bertz CT molecular complexity index is 647. The number of rotatable bonds is 4. The Hall–Kier alpha value is -1.55. The van der Waals surface area contributed by atoms with E-state index in [4.69, 9.17) is 4.74 Å². The van der Waals surface area contributed by atoms with Crippen LogP contribution in [0.25, 0.3) is 0 Å². The number of carbonyl (C=O) groups excluding carboxylic acids is 1. The highest BCUT2D eigenvalue weighted by atomic mass is 16.5. The van der Waals surface area contributed by atoms with Gasteiger partial charge in [0.05, 0.1) is 12.5 Å². The zero-order valence-corrected chi connectivity index (χ0v) is 14.4. The largest absolute Gasteiger partial charge is 0.462 e. The lowest BCUT2D eigenvalue weighted by Crippen LogP contribution is -2.33. The van der Waals surface area contributed by atoms with Gasteiger partial charge in [-0.2, -0.15) is 0 Å². The van der Waals surface area contributed by atoms with Crippen LogP contribution >= 0.6 is 0 Å². The molecule has 1 N–H and O–H groups in total. The Labute approximate surface area is 143 Å². The molecule has 4 nitrogen and oxygen atoms in total. The normalized spacial score (nSPS) is 35.2. The summed E-state index contributed by atoms with van der Waals surface area (Å²) in [6.45, 7) is 3.01. The number of aliphatic hydroxyl groups is 1. The number of allylic oxidation sites excluding steroid dienone is 2. The number of carbonyl (C=O) groups is 1. The molecular formula is C20H27NO3. The van der Waals surface area contributed by atoms with Crippen LogP contribution in [-0.2, 0) is 16.1 Å². The number of fused-ring (bicyclic) bond motifs is 2. The van der Waals surface area contributed by atoms with Gasteiger partial charge in [-0.15, -0.1) is 0 Å². The fourth-order valence-electron chi connectivity index (χ4n) is 4.80. The number of ether oxygens (including phenoxy) is 1. The van der Waals surface area contributed by atoms with Gasteiger partial charge >= 0.3 is 5.97 Å². The van der Waals surface area contributed by atoms with Gasteiger partial charge in [-0.25, -0.2) is 0 Å². The molecule has 2 bridgehead atoms. The minimum Gasteiger partial charge on any atom is -0.462 e. The Kier molecular flexibility index (Phi) is 4.25. The van der Waals surface area contributed by atoms with Crippen LogP contribution in [0.15, 0.2) is 24.3 Å². The fourth-order valence-corrected chi connectivity index (χ4v) is 4.80. The van der Waals surface area contributed by atoms with Crippen molar-refractivity contribution in [3.8, 4) is 0 Å². The Morgan fingerprint density at radius 1 is 1.25 bits per heavy atom. The van der Waals surface area contributed by atoms with Crippen LogP contribution in [0.4, 0.5) is 0 Å². The van der Waals surface area contributed by atoms with Gasteiger partial charge in [-0.1, -0.05) is 12.2 Å². The van der Waals surface area contributed by atoms with E-state index >= 15 is 0 Å². The molecule has 24 heavy (non-hydrogen) atoms. The van der Waals surface area contributed by atoms with Crippen LogP contribution in [0.5, 0.6) is 0 Å². The molecule has 4 aliphatic rings. The number of nitrogens with zero attached hydrogens (tertiary/aromatic N) is 1. The van der Waals surface area contributed by atoms with Gasteiger partial charge in [0.15, 0.2) is 0 Å². The molecule has 4 heteroatoms. The number of hydrogen-bond acceptors (Lipinski definition) is 3. The highest BCUT2D eigenvalue weighted by Gasteiger charge is 2.34. The van der Waals surface area contributed by atoms with Gasteiger partial charge < -0.3 is 14.4 Å². The molecule has 5 atom stereocenters. The quantitative estimate of drug-likeness (QED) is 0.681. The van der Waals surface area contributed by atoms with Crippen molar-refractivity contribution in [2.24, 2.45) is 11.8 Å². The number of hydrogen-bond donors (Lipinski definition) is 1. The Balaban J connectivity index is 1.47. The highest BCUT2D eigenvalue weighted by Crippen LogP contribution is 2.46. The molecule has 0 aromatic carbocycles. The molecule has 130 valence electrons. The first-order chi connectivity index (χ1) is 11.6. The van der Waals surface area contributed by atoms with E-state index < -0.39 is 6.10 Å². The monoisotopic (exact) mass is 329 g/mol. The first-order valence-corrected chi connectivity index (χ1v) is 9.32. The van der Waals surface area contributed by atoms with E-state index in [1.807, 2.05) is 0 Å². The van der Waals surface area contributed by atoms with Crippen LogP contribution in [0.1, 0.15) is 55.8 Å². The molecule has 3 unspecified atom stereocenters. The SMILES string of the molecule is Cc1ccc(C2CC3C=CC2CC3)n1CC[C@@H]1C[C@@H](O)CC(=O)O1. The second-order valence-electron chi connectivity index (χ2n) is 7.77. The smallest absolute Gasteiger partial charge is 0.308 e. The molecule has 0 amide bonds. The summed E-state index contributed by atoms with van der Waals surface area (Å²) < 4.78 is 7.82. The number of aryl methyl sites for hydroxylation is 1. The predicted molar refractivity (Wildman–Crippen MR) is 91.6 cm³/mol. The number of esters is 1. The topological polar surface area (TPSA) is 51.5 Å². The molecule has 0 spiro atoms. The molecule has 2 fully saturated rings. The van der Waals surface area contributed by atoms with Crippen molar-refractivity contribution in [2.75, 3.05) is 0 Å². The van der Waals surface area contributed by atoms with Crippen molar-refractivity contribution >= 4 is 5.97 Å². The van der Waals surface area contributed by atoms with Crippen LogP contribution in [0.2, 0.25) is 0 Å². The minimum absolute atomic E-state index is 0.141. The second kappa shape index (κ2) is 6.40. The summed E-state index contributed by atoms with van der Waals surface area (Å²) in [5.74, 6) is 1.79. The first kappa shape index (κ1) is 15.9. The van der Waals surface area contributed by atoms with E-state index in [0.29, 0.717) is 18.3 Å². The highest BCUT2D eigenvalue weighted by molar-refractivity contribution is 5.70. The summed E-state index contributed by atoms with van der Waals surface area (Å²) in [5, 5.41) is 9.78. The van der Waals surface area contributed by atoms with Crippen LogP contribution in [0, 0.1) is 18.8 Å². The van der Waals surface area contributed by atoms with Gasteiger partial charge in [0.2, 0.25) is 0 Å². The standard InChI is InChI=1S/C20H27NO3/c1-13-2-7-19(18-10-14-3-5-15(18)6-4-14)21(13)9-8-17-11-16(22)12-20(23)24-17/h2-3,5,7,14-18,22H,4,6,8-12H2,1H3/t14?,15?,16-,17-,18?/m1/s1. The van der Waals surface area contributed by atoms with E-state index in [9.17, 15) is 9.90 Å². The summed E-state index contributed by atoms with van der Waals surface area (Å²) in [6, 6.07) is 4.50. The average Bonchev–Trinajstić information content (AvgIpc) is 2.94. The fraction of sp³-hybridized carbons (Fsp3) is 0.650. The number of cyclic esters (lactones) is 1. The molecule has 1 aliphatic heterocycles. The summed E-state index contributed by atoms with van der Waals surface area (Å²) in [5.41, 5.74) is 2.72. The van der Waals surface area contributed by atoms with Crippen molar-refractivity contribution in [1.29, 1.82) is 0 Å². The van der Waals surface area contributed by atoms with Crippen molar-refractivity contribution in [3.05, 3.63) is 35.7 Å². The van der Waals surface area contributed by atoms with E-state index in [1.165, 1.54) is 30.7 Å². The summed E-state index contributed by atoms with van der Waals surface area (Å²) in [6.07, 6.45) is 9.54. The van der Waals surface area contributed by atoms with Crippen LogP contribution < -0.4 is 0 Å². The van der Waals surface area contributed by atoms with Crippen molar-refractivity contribution in [3.63, 3.8) is 0 Å². The van der Waals surface area contributed by atoms with Crippen LogP contribution in [-0.4, -0.2) is 27.9 Å². The van der Waals surface area contributed by atoms with E-state index in [-0.39, 0.29) is 18.5 Å².